The van der Waals surface area contributed by atoms with Crippen molar-refractivity contribution in [3.05, 3.63) is 51.8 Å². The molecule has 0 bridgehead atoms. The maximum Gasteiger partial charge on any atom is 0.308 e. The molecular formula is C17H19NO4. The second-order valence-corrected chi connectivity index (χ2v) is 5.07. The number of aryl methyl sites for hydroxylation is 1. The molecule has 1 N–H and O–H groups in total. The van der Waals surface area contributed by atoms with E-state index in [0.29, 0.717) is 12.3 Å². The maximum absolute atomic E-state index is 12.5. The highest BCUT2D eigenvalue weighted by molar-refractivity contribution is 5.71. The van der Waals surface area contributed by atoms with E-state index < -0.39 is 5.97 Å². The van der Waals surface area contributed by atoms with E-state index in [9.17, 15) is 9.59 Å². The molecule has 0 amide bonds. The fraction of sp³-hybridized carbons (Fsp3) is 0.294. The summed E-state index contributed by atoms with van der Waals surface area (Å²) in [5.41, 5.74) is 2.61. The molecule has 0 fully saturated rings. The van der Waals surface area contributed by atoms with Crippen molar-refractivity contribution in [3.63, 3.8) is 0 Å². The number of hydrogen-bond donors (Lipinski definition) is 1. The number of aliphatic carboxylic acids is 1. The first-order valence-electron chi connectivity index (χ1n) is 7.07. The Kier molecular flexibility index (Phi) is 4.65. The quantitative estimate of drug-likeness (QED) is 0.921. The Morgan fingerprint density at radius 1 is 1.27 bits per heavy atom. The molecule has 0 radical (unpaired) electrons. The first kappa shape index (κ1) is 15.8. The Bertz CT molecular complexity index is 762. The van der Waals surface area contributed by atoms with Crippen LogP contribution in [0.1, 0.15) is 18.1 Å². The minimum atomic E-state index is -1.01. The summed E-state index contributed by atoms with van der Waals surface area (Å²) in [6.07, 6.45) is -0.274. The zero-order valence-electron chi connectivity index (χ0n) is 12.9. The standard InChI is InChI=1S/C17H19NO4/c1-4-18-14(7-6-12(17(18)21)10-16(19)20)13-9-11(2)5-8-15(13)22-3/h5-9H,4,10H2,1-3H3,(H,19,20). The molecule has 1 heterocycles. The minimum absolute atomic E-state index is 0.272. The Balaban J connectivity index is 2.67. The lowest BCUT2D eigenvalue weighted by molar-refractivity contribution is -0.136. The van der Waals surface area contributed by atoms with E-state index in [-0.39, 0.29) is 17.5 Å². The summed E-state index contributed by atoms with van der Waals surface area (Å²) in [6.45, 7) is 4.28. The van der Waals surface area contributed by atoms with E-state index in [1.165, 1.54) is 0 Å². The lowest BCUT2D eigenvalue weighted by Crippen LogP contribution is -2.26. The van der Waals surface area contributed by atoms with Crippen LogP contribution in [-0.2, 0) is 17.8 Å². The van der Waals surface area contributed by atoms with E-state index >= 15 is 0 Å². The summed E-state index contributed by atoms with van der Waals surface area (Å²) < 4.78 is 6.96. The normalized spacial score (nSPS) is 10.5. The first-order valence-corrected chi connectivity index (χ1v) is 7.07. The zero-order valence-corrected chi connectivity index (χ0v) is 12.9. The van der Waals surface area contributed by atoms with Gasteiger partial charge in [-0.05, 0) is 32.0 Å². The van der Waals surface area contributed by atoms with Crippen molar-refractivity contribution in [1.29, 1.82) is 0 Å². The number of rotatable bonds is 5. The lowest BCUT2D eigenvalue weighted by atomic mass is 10.0. The number of carbonyl (C=O) groups is 1. The van der Waals surface area contributed by atoms with Gasteiger partial charge in [0.2, 0.25) is 0 Å². The number of pyridine rings is 1. The number of benzene rings is 1. The van der Waals surface area contributed by atoms with Crippen LogP contribution in [0.2, 0.25) is 0 Å². The molecule has 5 heteroatoms. The summed E-state index contributed by atoms with van der Waals surface area (Å²) in [5, 5.41) is 8.89. The number of carboxylic acids is 1. The van der Waals surface area contributed by atoms with Crippen LogP contribution in [0.15, 0.2) is 35.1 Å². The molecule has 5 nitrogen and oxygen atoms in total. The molecule has 0 saturated carbocycles. The molecule has 116 valence electrons. The molecule has 0 saturated heterocycles. The summed E-state index contributed by atoms with van der Waals surface area (Å²) in [5.74, 6) is -0.334. The fourth-order valence-corrected chi connectivity index (χ4v) is 2.49. The average molecular weight is 301 g/mol. The van der Waals surface area contributed by atoms with Crippen LogP contribution in [0.25, 0.3) is 11.3 Å². The summed E-state index contributed by atoms with van der Waals surface area (Å²) in [6, 6.07) is 9.12. The first-order chi connectivity index (χ1) is 10.5. The molecule has 1 aromatic carbocycles. The maximum atomic E-state index is 12.5. The van der Waals surface area contributed by atoms with Crippen molar-refractivity contribution in [2.24, 2.45) is 0 Å². The number of carboxylic acid groups (broad SMARTS) is 1. The van der Waals surface area contributed by atoms with Gasteiger partial charge in [0, 0.05) is 17.7 Å². The van der Waals surface area contributed by atoms with Gasteiger partial charge in [0.05, 0.1) is 19.2 Å². The van der Waals surface area contributed by atoms with Crippen molar-refractivity contribution >= 4 is 5.97 Å². The highest BCUT2D eigenvalue weighted by atomic mass is 16.5. The zero-order chi connectivity index (χ0) is 16.3. The van der Waals surface area contributed by atoms with E-state index in [0.717, 1.165) is 16.8 Å². The van der Waals surface area contributed by atoms with Gasteiger partial charge in [0.25, 0.3) is 5.56 Å². The van der Waals surface area contributed by atoms with E-state index in [1.54, 1.807) is 23.8 Å². The molecule has 2 rings (SSSR count). The van der Waals surface area contributed by atoms with Gasteiger partial charge in [-0.15, -0.1) is 0 Å². The molecule has 2 aromatic rings. The molecule has 0 aliphatic heterocycles. The van der Waals surface area contributed by atoms with Crippen molar-refractivity contribution in [2.45, 2.75) is 26.8 Å². The monoisotopic (exact) mass is 301 g/mol. The molecular weight excluding hydrogens is 282 g/mol. The number of hydrogen-bond acceptors (Lipinski definition) is 3. The highest BCUT2D eigenvalue weighted by Gasteiger charge is 2.14. The Morgan fingerprint density at radius 2 is 2.00 bits per heavy atom. The van der Waals surface area contributed by atoms with Crippen LogP contribution < -0.4 is 10.3 Å². The Hall–Kier alpha value is -2.56. The number of nitrogens with zero attached hydrogens (tertiary/aromatic N) is 1. The van der Waals surface area contributed by atoms with Crippen LogP contribution in [-0.4, -0.2) is 22.8 Å². The fourth-order valence-electron chi connectivity index (χ4n) is 2.49. The summed E-state index contributed by atoms with van der Waals surface area (Å²) >= 11 is 0. The van der Waals surface area contributed by atoms with Crippen LogP contribution in [0, 0.1) is 6.92 Å². The molecule has 0 atom stereocenters. The smallest absolute Gasteiger partial charge is 0.308 e. The number of aromatic nitrogens is 1. The summed E-state index contributed by atoms with van der Waals surface area (Å²) in [4.78, 5) is 23.3. The van der Waals surface area contributed by atoms with Crippen LogP contribution in [0.3, 0.4) is 0 Å². The third-order valence-electron chi connectivity index (χ3n) is 3.54. The molecule has 0 spiro atoms. The van der Waals surface area contributed by atoms with Crippen LogP contribution >= 0.6 is 0 Å². The van der Waals surface area contributed by atoms with Crippen molar-refractivity contribution in [3.8, 4) is 17.0 Å². The third-order valence-corrected chi connectivity index (χ3v) is 3.54. The van der Waals surface area contributed by atoms with E-state index in [1.807, 2.05) is 32.0 Å². The van der Waals surface area contributed by atoms with Crippen molar-refractivity contribution in [1.82, 2.24) is 4.57 Å². The van der Waals surface area contributed by atoms with Gasteiger partial charge in [0.15, 0.2) is 0 Å². The second kappa shape index (κ2) is 6.47. The van der Waals surface area contributed by atoms with Gasteiger partial charge >= 0.3 is 5.97 Å². The topological polar surface area (TPSA) is 68.5 Å². The molecule has 0 unspecified atom stereocenters. The van der Waals surface area contributed by atoms with Crippen LogP contribution in [0.5, 0.6) is 5.75 Å². The van der Waals surface area contributed by atoms with Gasteiger partial charge in [-0.1, -0.05) is 17.7 Å². The number of methoxy groups -OCH3 is 1. The van der Waals surface area contributed by atoms with Crippen LogP contribution in [0.4, 0.5) is 0 Å². The molecule has 0 aliphatic carbocycles. The average Bonchev–Trinajstić information content (AvgIpc) is 2.48. The molecule has 0 aliphatic rings. The minimum Gasteiger partial charge on any atom is -0.496 e. The van der Waals surface area contributed by atoms with Gasteiger partial charge < -0.3 is 14.4 Å². The summed E-state index contributed by atoms with van der Waals surface area (Å²) in [7, 11) is 1.58. The van der Waals surface area contributed by atoms with Gasteiger partial charge in [0.1, 0.15) is 5.75 Å². The SMILES string of the molecule is CCn1c(-c2cc(C)ccc2OC)ccc(CC(=O)O)c1=O. The van der Waals surface area contributed by atoms with Crippen molar-refractivity contribution in [2.75, 3.05) is 7.11 Å². The van der Waals surface area contributed by atoms with E-state index in [2.05, 4.69) is 0 Å². The largest absolute Gasteiger partial charge is 0.496 e. The molecule has 22 heavy (non-hydrogen) atoms. The predicted molar refractivity (Wildman–Crippen MR) is 84.4 cm³/mol. The lowest BCUT2D eigenvalue weighted by Gasteiger charge is -2.16. The molecule has 1 aromatic heterocycles. The van der Waals surface area contributed by atoms with E-state index in [4.69, 9.17) is 9.84 Å². The van der Waals surface area contributed by atoms with Gasteiger partial charge in [-0.25, -0.2) is 0 Å². The third kappa shape index (κ3) is 3.03. The van der Waals surface area contributed by atoms with Gasteiger partial charge in [-0.2, -0.15) is 0 Å². The Morgan fingerprint density at radius 3 is 2.59 bits per heavy atom. The highest BCUT2D eigenvalue weighted by Crippen LogP contribution is 2.30. The second-order valence-electron chi connectivity index (χ2n) is 5.07. The number of ether oxygens (including phenoxy) is 1. The predicted octanol–water partition coefficient (Wildman–Crippen LogP) is 2.48. The van der Waals surface area contributed by atoms with Gasteiger partial charge in [-0.3, -0.25) is 9.59 Å². The van der Waals surface area contributed by atoms with Crippen molar-refractivity contribution < 1.29 is 14.6 Å². The Labute approximate surface area is 128 Å².